The SMILES string of the molecule is c1ccc(COCC2CN(c3ncccn3)Cc3nccn3C2)nc1. The number of pyridine rings is 1. The van der Waals surface area contributed by atoms with Crippen molar-refractivity contribution >= 4 is 5.95 Å². The van der Waals surface area contributed by atoms with Gasteiger partial charge in [-0.15, -0.1) is 0 Å². The Hall–Kier alpha value is -2.80. The second kappa shape index (κ2) is 7.40. The van der Waals surface area contributed by atoms with E-state index in [9.17, 15) is 0 Å². The fourth-order valence-electron chi connectivity index (χ4n) is 3.07. The highest BCUT2D eigenvalue weighted by Gasteiger charge is 2.24. The summed E-state index contributed by atoms with van der Waals surface area (Å²) in [5.41, 5.74) is 0.947. The minimum absolute atomic E-state index is 0.322. The molecule has 3 aromatic heterocycles. The van der Waals surface area contributed by atoms with Crippen LogP contribution in [0.2, 0.25) is 0 Å². The number of imidazole rings is 1. The molecule has 7 heteroatoms. The van der Waals surface area contributed by atoms with Crippen LogP contribution in [0.1, 0.15) is 11.5 Å². The van der Waals surface area contributed by atoms with Crippen LogP contribution in [0.4, 0.5) is 5.95 Å². The van der Waals surface area contributed by atoms with Crippen molar-refractivity contribution < 1.29 is 4.74 Å². The van der Waals surface area contributed by atoms with Gasteiger partial charge in [0.1, 0.15) is 5.82 Å². The predicted octanol–water partition coefficient (Wildman–Crippen LogP) is 1.92. The molecule has 0 aromatic carbocycles. The average molecular weight is 336 g/mol. The van der Waals surface area contributed by atoms with E-state index in [4.69, 9.17) is 4.74 Å². The van der Waals surface area contributed by atoms with Gasteiger partial charge in [0.2, 0.25) is 5.95 Å². The van der Waals surface area contributed by atoms with E-state index < -0.39 is 0 Å². The van der Waals surface area contributed by atoms with Crippen molar-refractivity contribution in [3.63, 3.8) is 0 Å². The number of rotatable bonds is 5. The van der Waals surface area contributed by atoms with Crippen LogP contribution in [0.3, 0.4) is 0 Å². The molecule has 128 valence electrons. The van der Waals surface area contributed by atoms with E-state index in [1.54, 1.807) is 18.6 Å². The van der Waals surface area contributed by atoms with Crippen molar-refractivity contribution in [1.29, 1.82) is 0 Å². The van der Waals surface area contributed by atoms with E-state index >= 15 is 0 Å². The van der Waals surface area contributed by atoms with Crippen molar-refractivity contribution in [3.05, 3.63) is 66.8 Å². The first-order chi connectivity index (χ1) is 12.4. The van der Waals surface area contributed by atoms with Crippen molar-refractivity contribution in [2.24, 2.45) is 5.92 Å². The van der Waals surface area contributed by atoms with Gasteiger partial charge in [0.05, 0.1) is 25.5 Å². The number of fused-ring (bicyclic) bond motifs is 1. The molecule has 1 aliphatic rings. The summed E-state index contributed by atoms with van der Waals surface area (Å²) in [6.45, 7) is 3.58. The van der Waals surface area contributed by atoms with Crippen LogP contribution >= 0.6 is 0 Å². The molecule has 0 spiro atoms. The number of nitrogens with zero attached hydrogens (tertiary/aromatic N) is 6. The molecule has 1 atom stereocenters. The molecule has 1 unspecified atom stereocenters. The number of ether oxygens (including phenoxy) is 1. The molecule has 3 aromatic rings. The highest BCUT2D eigenvalue weighted by Crippen LogP contribution is 2.19. The summed E-state index contributed by atoms with van der Waals surface area (Å²) in [6.07, 6.45) is 9.20. The van der Waals surface area contributed by atoms with Gasteiger partial charge in [0.15, 0.2) is 0 Å². The second-order valence-corrected chi connectivity index (χ2v) is 6.13. The highest BCUT2D eigenvalue weighted by atomic mass is 16.5. The molecule has 25 heavy (non-hydrogen) atoms. The Morgan fingerprint density at radius 3 is 2.68 bits per heavy atom. The van der Waals surface area contributed by atoms with Gasteiger partial charge in [0, 0.05) is 50.0 Å². The van der Waals surface area contributed by atoms with E-state index in [1.807, 2.05) is 36.7 Å². The van der Waals surface area contributed by atoms with E-state index in [0.29, 0.717) is 25.7 Å². The van der Waals surface area contributed by atoms with E-state index in [1.165, 1.54) is 0 Å². The number of anilines is 1. The van der Waals surface area contributed by atoms with Crippen LogP contribution in [0.15, 0.2) is 55.2 Å². The Morgan fingerprint density at radius 2 is 1.84 bits per heavy atom. The fourth-order valence-corrected chi connectivity index (χ4v) is 3.07. The average Bonchev–Trinajstić information content (AvgIpc) is 3.02. The lowest BCUT2D eigenvalue weighted by Gasteiger charge is -2.23. The molecule has 0 saturated heterocycles. The lowest BCUT2D eigenvalue weighted by atomic mass is 10.1. The Balaban J connectivity index is 1.45. The molecule has 0 aliphatic carbocycles. The van der Waals surface area contributed by atoms with Crippen LogP contribution in [-0.4, -0.2) is 37.7 Å². The maximum absolute atomic E-state index is 5.93. The van der Waals surface area contributed by atoms with Crippen LogP contribution in [0.25, 0.3) is 0 Å². The van der Waals surface area contributed by atoms with Gasteiger partial charge in [-0.2, -0.15) is 0 Å². The van der Waals surface area contributed by atoms with Gasteiger partial charge in [-0.05, 0) is 18.2 Å². The van der Waals surface area contributed by atoms with Crippen LogP contribution in [-0.2, 0) is 24.4 Å². The summed E-state index contributed by atoms with van der Waals surface area (Å²) in [5, 5.41) is 0. The minimum Gasteiger partial charge on any atom is -0.375 e. The lowest BCUT2D eigenvalue weighted by Crippen LogP contribution is -2.31. The first-order valence-electron chi connectivity index (χ1n) is 8.38. The predicted molar refractivity (Wildman–Crippen MR) is 92.7 cm³/mol. The molecule has 0 bridgehead atoms. The van der Waals surface area contributed by atoms with Gasteiger partial charge in [-0.1, -0.05) is 6.07 Å². The standard InChI is InChI=1S/C18H20N6O/c1-2-5-19-16(4-1)14-25-13-15-10-23-9-8-20-17(23)12-24(11-15)18-21-6-3-7-22-18/h1-9,15H,10-14H2. The quantitative estimate of drug-likeness (QED) is 0.709. The zero-order valence-corrected chi connectivity index (χ0v) is 13.9. The third-order valence-electron chi connectivity index (χ3n) is 4.23. The van der Waals surface area contributed by atoms with Crippen molar-refractivity contribution in [2.45, 2.75) is 19.7 Å². The largest absolute Gasteiger partial charge is 0.375 e. The molecular weight excluding hydrogens is 316 g/mol. The number of hydrogen-bond acceptors (Lipinski definition) is 6. The van der Waals surface area contributed by atoms with Crippen molar-refractivity contribution in [1.82, 2.24) is 24.5 Å². The number of aromatic nitrogens is 5. The normalized spacial score (nSPS) is 17.1. The second-order valence-electron chi connectivity index (χ2n) is 6.13. The van der Waals surface area contributed by atoms with E-state index in [0.717, 1.165) is 30.6 Å². The van der Waals surface area contributed by atoms with Crippen molar-refractivity contribution in [2.75, 3.05) is 18.1 Å². The molecular formula is C18H20N6O. The molecule has 1 aliphatic heterocycles. The van der Waals surface area contributed by atoms with E-state index in [2.05, 4.69) is 29.4 Å². The topological polar surface area (TPSA) is 69.0 Å². The summed E-state index contributed by atoms with van der Waals surface area (Å²) in [6, 6.07) is 7.69. The maximum Gasteiger partial charge on any atom is 0.225 e. The number of hydrogen-bond donors (Lipinski definition) is 0. The van der Waals surface area contributed by atoms with Crippen LogP contribution < -0.4 is 4.90 Å². The van der Waals surface area contributed by atoms with Crippen LogP contribution in [0, 0.1) is 5.92 Å². The smallest absolute Gasteiger partial charge is 0.225 e. The van der Waals surface area contributed by atoms with E-state index in [-0.39, 0.29) is 0 Å². The molecule has 0 fully saturated rings. The maximum atomic E-state index is 5.93. The van der Waals surface area contributed by atoms with Gasteiger partial charge in [0.25, 0.3) is 0 Å². The Morgan fingerprint density at radius 1 is 0.960 bits per heavy atom. The molecule has 7 nitrogen and oxygen atoms in total. The zero-order valence-electron chi connectivity index (χ0n) is 13.9. The molecule has 0 N–H and O–H groups in total. The minimum atomic E-state index is 0.322. The van der Waals surface area contributed by atoms with Gasteiger partial charge < -0.3 is 14.2 Å². The lowest BCUT2D eigenvalue weighted by molar-refractivity contribution is 0.0820. The fraction of sp³-hybridized carbons (Fsp3) is 0.333. The molecule has 0 saturated carbocycles. The van der Waals surface area contributed by atoms with Gasteiger partial charge in [-0.25, -0.2) is 15.0 Å². The Kier molecular flexibility index (Phi) is 4.65. The van der Waals surface area contributed by atoms with Gasteiger partial charge in [-0.3, -0.25) is 4.98 Å². The zero-order chi connectivity index (χ0) is 16.9. The molecule has 0 radical (unpaired) electrons. The summed E-state index contributed by atoms with van der Waals surface area (Å²) in [5.74, 6) is 2.08. The third kappa shape index (κ3) is 3.83. The Labute approximate surface area is 146 Å². The highest BCUT2D eigenvalue weighted by molar-refractivity contribution is 5.29. The monoisotopic (exact) mass is 336 g/mol. The summed E-state index contributed by atoms with van der Waals surface area (Å²) >= 11 is 0. The van der Waals surface area contributed by atoms with Crippen molar-refractivity contribution in [3.8, 4) is 0 Å². The first-order valence-corrected chi connectivity index (χ1v) is 8.38. The van der Waals surface area contributed by atoms with Gasteiger partial charge >= 0.3 is 0 Å². The molecule has 4 heterocycles. The third-order valence-corrected chi connectivity index (χ3v) is 4.23. The van der Waals surface area contributed by atoms with Crippen LogP contribution in [0.5, 0.6) is 0 Å². The summed E-state index contributed by atoms with van der Waals surface area (Å²) in [7, 11) is 0. The summed E-state index contributed by atoms with van der Waals surface area (Å²) in [4.78, 5) is 19.7. The summed E-state index contributed by atoms with van der Waals surface area (Å²) < 4.78 is 8.12. The molecule has 4 rings (SSSR count). The molecule has 0 amide bonds. The Bertz CT molecular complexity index is 792. The first kappa shape index (κ1) is 15.7.